The maximum absolute atomic E-state index is 10.8. The third-order valence-corrected chi connectivity index (χ3v) is 6.93. The fourth-order valence-corrected chi connectivity index (χ4v) is 5.30. The van der Waals surface area contributed by atoms with E-state index < -0.39 is 0 Å². The molecule has 0 radical (unpaired) electrons. The van der Waals surface area contributed by atoms with Gasteiger partial charge in [0.1, 0.15) is 5.75 Å². The lowest BCUT2D eigenvalue weighted by Crippen LogP contribution is -2.29. The molecule has 34 heavy (non-hydrogen) atoms. The zero-order valence-corrected chi connectivity index (χ0v) is 20.7. The summed E-state index contributed by atoms with van der Waals surface area (Å²) in [5.41, 5.74) is 7.07. The zero-order valence-electron chi connectivity index (χ0n) is 19.2. The Balaban J connectivity index is 1.70. The summed E-state index contributed by atoms with van der Waals surface area (Å²) in [5.74, 6) is 0.118. The van der Waals surface area contributed by atoms with Gasteiger partial charge in [-0.05, 0) is 87.1 Å². The van der Waals surface area contributed by atoms with E-state index in [2.05, 4.69) is 66.0 Å². The van der Waals surface area contributed by atoms with Crippen LogP contribution in [0, 0.1) is 20.8 Å². The number of nitrogens with one attached hydrogen (secondary N) is 1. The molecule has 0 unspecified atom stereocenters. The monoisotopic (exact) mass is 488 g/mol. The molecule has 0 spiro atoms. The highest BCUT2D eigenvalue weighted by atomic mass is 35.5. The summed E-state index contributed by atoms with van der Waals surface area (Å²) in [4.78, 5) is 6.58. The van der Waals surface area contributed by atoms with Crippen molar-refractivity contribution in [3.8, 4) is 11.4 Å². The summed E-state index contributed by atoms with van der Waals surface area (Å²) in [6, 6.07) is 21.1. The normalized spacial score (nSPS) is 17.8. The van der Waals surface area contributed by atoms with Crippen molar-refractivity contribution >= 4 is 34.6 Å². The van der Waals surface area contributed by atoms with Crippen LogP contribution in [0.4, 0.5) is 5.69 Å². The van der Waals surface area contributed by atoms with E-state index in [0.29, 0.717) is 15.8 Å². The van der Waals surface area contributed by atoms with E-state index in [0.717, 1.165) is 28.3 Å². The molecule has 1 aliphatic heterocycles. The number of pyridine rings is 1. The molecule has 1 saturated heterocycles. The molecule has 3 heterocycles. The van der Waals surface area contributed by atoms with Gasteiger partial charge in [-0.1, -0.05) is 35.4 Å². The lowest BCUT2D eigenvalue weighted by atomic mass is 9.96. The first-order chi connectivity index (χ1) is 16.3. The molecule has 2 atom stereocenters. The van der Waals surface area contributed by atoms with Crippen LogP contribution in [0.15, 0.2) is 72.9 Å². The molecule has 5 rings (SSSR count). The summed E-state index contributed by atoms with van der Waals surface area (Å²) in [6.07, 6.45) is 1.78. The molecular formula is C27H25ClN4OS. The number of hydrogen-bond donors (Lipinski definition) is 2. The van der Waals surface area contributed by atoms with E-state index in [9.17, 15) is 5.11 Å². The van der Waals surface area contributed by atoms with Gasteiger partial charge in [0.05, 0.1) is 23.5 Å². The molecule has 4 aromatic rings. The van der Waals surface area contributed by atoms with Crippen LogP contribution in [0.2, 0.25) is 5.02 Å². The van der Waals surface area contributed by atoms with Crippen molar-refractivity contribution in [2.75, 3.05) is 4.90 Å². The summed E-state index contributed by atoms with van der Waals surface area (Å²) in [7, 11) is 0. The first-order valence-corrected chi connectivity index (χ1v) is 11.9. The first kappa shape index (κ1) is 22.4. The number of aromatic hydroxyl groups is 1. The van der Waals surface area contributed by atoms with Crippen molar-refractivity contribution in [2.45, 2.75) is 32.9 Å². The van der Waals surface area contributed by atoms with Crippen molar-refractivity contribution < 1.29 is 5.11 Å². The van der Waals surface area contributed by atoms with Crippen LogP contribution in [-0.2, 0) is 0 Å². The highest BCUT2D eigenvalue weighted by Crippen LogP contribution is 2.46. The van der Waals surface area contributed by atoms with E-state index in [1.165, 1.54) is 5.56 Å². The predicted octanol–water partition coefficient (Wildman–Crippen LogP) is 6.33. The maximum Gasteiger partial charge on any atom is 0.174 e. The van der Waals surface area contributed by atoms with E-state index >= 15 is 0 Å². The van der Waals surface area contributed by atoms with Gasteiger partial charge in [-0.25, -0.2) is 0 Å². The van der Waals surface area contributed by atoms with E-state index in [1.807, 2.05) is 23.1 Å². The Morgan fingerprint density at radius 1 is 1.00 bits per heavy atom. The Labute approximate surface area is 209 Å². The van der Waals surface area contributed by atoms with Crippen molar-refractivity contribution in [3.63, 3.8) is 0 Å². The first-order valence-electron chi connectivity index (χ1n) is 11.1. The van der Waals surface area contributed by atoms with Crippen molar-refractivity contribution in [1.82, 2.24) is 14.9 Å². The van der Waals surface area contributed by atoms with Crippen LogP contribution in [0.1, 0.15) is 40.3 Å². The Bertz CT molecular complexity index is 1370. The van der Waals surface area contributed by atoms with Crippen LogP contribution >= 0.6 is 23.8 Å². The third-order valence-electron chi connectivity index (χ3n) is 6.38. The molecule has 7 heteroatoms. The van der Waals surface area contributed by atoms with Gasteiger partial charge in [-0.2, -0.15) is 0 Å². The van der Waals surface area contributed by atoms with Crippen molar-refractivity contribution in [3.05, 3.63) is 106 Å². The molecule has 172 valence electrons. The maximum atomic E-state index is 10.8. The topological polar surface area (TPSA) is 53.3 Å². The Kier molecular flexibility index (Phi) is 5.80. The van der Waals surface area contributed by atoms with Gasteiger partial charge in [-0.3, -0.25) is 4.98 Å². The molecule has 0 bridgehead atoms. The highest BCUT2D eigenvalue weighted by Gasteiger charge is 2.43. The van der Waals surface area contributed by atoms with Gasteiger partial charge in [-0.15, -0.1) is 0 Å². The number of anilines is 1. The minimum atomic E-state index is -0.239. The molecular weight excluding hydrogens is 464 g/mol. The molecule has 5 nitrogen and oxygen atoms in total. The number of thiocarbonyl (C=S) groups is 1. The van der Waals surface area contributed by atoms with Gasteiger partial charge >= 0.3 is 0 Å². The number of benzene rings is 2. The minimum Gasteiger partial charge on any atom is -0.506 e. The average molecular weight is 489 g/mol. The molecule has 1 fully saturated rings. The molecule has 0 saturated carbocycles. The van der Waals surface area contributed by atoms with Crippen LogP contribution in [0.3, 0.4) is 0 Å². The Hall–Kier alpha value is -3.35. The fourth-order valence-electron chi connectivity index (χ4n) is 4.80. The van der Waals surface area contributed by atoms with Crippen LogP contribution in [-0.4, -0.2) is 19.8 Å². The second-order valence-corrected chi connectivity index (χ2v) is 9.45. The minimum absolute atomic E-state index is 0.118. The van der Waals surface area contributed by atoms with Crippen LogP contribution in [0.25, 0.3) is 5.69 Å². The van der Waals surface area contributed by atoms with Gasteiger partial charge in [0.15, 0.2) is 5.11 Å². The molecule has 2 N–H and O–H groups in total. The molecule has 1 aliphatic rings. The van der Waals surface area contributed by atoms with Gasteiger partial charge in [0, 0.05) is 28.3 Å². The molecule has 2 aromatic carbocycles. The number of phenolic OH excluding ortho intramolecular Hbond substituents is 1. The van der Waals surface area contributed by atoms with Gasteiger partial charge < -0.3 is 19.9 Å². The van der Waals surface area contributed by atoms with E-state index in [1.54, 1.807) is 24.4 Å². The fraction of sp³-hybridized carbons (Fsp3) is 0.185. The number of phenols is 1. The lowest BCUT2D eigenvalue weighted by Gasteiger charge is -2.28. The van der Waals surface area contributed by atoms with Gasteiger partial charge in [0.2, 0.25) is 0 Å². The standard InChI is InChI=1S/C27H25ClN4OS/c1-16-7-10-20(11-8-16)31-17(2)14-21(18(31)3)26-25(22-6-4-5-13-29-22)30-27(34)32(26)23-15-19(28)9-12-24(23)33/h4-15,25-26,33H,1-3H3,(H,30,34)/t25-,26-/m1/s1. The summed E-state index contributed by atoms with van der Waals surface area (Å²) < 4.78 is 2.25. The largest absolute Gasteiger partial charge is 0.506 e. The number of aryl methyl sites for hydroxylation is 2. The van der Waals surface area contributed by atoms with Crippen LogP contribution in [0.5, 0.6) is 5.75 Å². The Morgan fingerprint density at radius 3 is 2.47 bits per heavy atom. The quantitative estimate of drug-likeness (QED) is 0.328. The number of aromatic nitrogens is 2. The predicted molar refractivity (Wildman–Crippen MR) is 141 cm³/mol. The third kappa shape index (κ3) is 3.83. The smallest absolute Gasteiger partial charge is 0.174 e. The second kappa shape index (κ2) is 8.78. The summed E-state index contributed by atoms with van der Waals surface area (Å²) in [6.45, 7) is 6.31. The van der Waals surface area contributed by atoms with Crippen molar-refractivity contribution in [1.29, 1.82) is 0 Å². The number of hydrogen-bond acceptors (Lipinski definition) is 3. The summed E-state index contributed by atoms with van der Waals surface area (Å²) >= 11 is 12.1. The molecule has 0 aliphatic carbocycles. The van der Waals surface area contributed by atoms with E-state index in [-0.39, 0.29) is 17.8 Å². The lowest BCUT2D eigenvalue weighted by molar-refractivity contribution is 0.472. The second-order valence-electron chi connectivity index (χ2n) is 8.63. The molecule has 0 amide bonds. The molecule has 2 aromatic heterocycles. The number of halogens is 1. The van der Waals surface area contributed by atoms with Crippen molar-refractivity contribution in [2.24, 2.45) is 0 Å². The number of nitrogens with zero attached hydrogens (tertiary/aromatic N) is 3. The Morgan fingerprint density at radius 2 is 1.76 bits per heavy atom. The SMILES string of the molecule is Cc1ccc(-n2c(C)cc([C@@H]3[C@@H](c4ccccn4)NC(=S)N3c3cc(Cl)ccc3O)c2C)cc1. The zero-order chi connectivity index (χ0) is 24.0. The van der Waals surface area contributed by atoms with Gasteiger partial charge in [0.25, 0.3) is 0 Å². The number of rotatable bonds is 4. The summed E-state index contributed by atoms with van der Waals surface area (Å²) in [5, 5.41) is 15.2. The highest BCUT2D eigenvalue weighted by molar-refractivity contribution is 7.80. The van der Waals surface area contributed by atoms with Crippen LogP contribution < -0.4 is 10.2 Å². The van der Waals surface area contributed by atoms with E-state index in [4.69, 9.17) is 23.8 Å². The average Bonchev–Trinajstić information content (AvgIpc) is 3.32.